The van der Waals surface area contributed by atoms with Gasteiger partial charge in [-0.3, -0.25) is 25.2 Å². The lowest BCUT2D eigenvalue weighted by atomic mass is 10.1. The van der Waals surface area contributed by atoms with Crippen molar-refractivity contribution in [2.75, 3.05) is 9.62 Å². The molecule has 3 N–H and O–H groups in total. The normalized spacial score (nSPS) is 24.5. The predicted octanol–water partition coefficient (Wildman–Crippen LogP) is 1.48. The number of anilines is 2. The molecule has 0 aromatic heterocycles. The molecule has 0 spiro atoms. The molecule has 9 heteroatoms. The molecule has 2 amide bonds. The number of hydrogen-bond donors (Lipinski definition) is 3. The molecule has 0 bridgehead atoms. The van der Waals surface area contributed by atoms with Crippen molar-refractivity contribution in [1.82, 2.24) is 10.9 Å². The zero-order valence-corrected chi connectivity index (χ0v) is 16.2. The zero-order chi connectivity index (χ0) is 20.1. The van der Waals surface area contributed by atoms with Gasteiger partial charge >= 0.3 is 0 Å². The highest BCUT2D eigenvalue weighted by Crippen LogP contribution is 2.30. The molecular formula is C19H20N4O4S. The van der Waals surface area contributed by atoms with E-state index in [0.29, 0.717) is 22.5 Å². The van der Waals surface area contributed by atoms with Gasteiger partial charge in [-0.2, -0.15) is 0 Å². The number of amides is 2. The fourth-order valence-electron chi connectivity index (χ4n) is 3.76. The Labute approximate surface area is 162 Å². The van der Waals surface area contributed by atoms with Gasteiger partial charge in [0.15, 0.2) is 0 Å². The first kappa shape index (κ1) is 18.6. The SMILES string of the molecule is CC1NNC(C)C1S(=O)(=O)Nc1cccc(N2C(=O)c3ccccc3C2=O)c1. The van der Waals surface area contributed by atoms with Crippen LogP contribution in [0.15, 0.2) is 48.5 Å². The Morgan fingerprint density at radius 2 is 1.46 bits per heavy atom. The lowest BCUT2D eigenvalue weighted by molar-refractivity contribution is 0.0926. The van der Waals surface area contributed by atoms with E-state index < -0.39 is 27.1 Å². The molecular weight excluding hydrogens is 380 g/mol. The van der Waals surface area contributed by atoms with Crippen molar-refractivity contribution in [3.63, 3.8) is 0 Å². The molecule has 2 aromatic carbocycles. The highest BCUT2D eigenvalue weighted by molar-refractivity contribution is 7.93. The molecule has 0 saturated carbocycles. The first-order valence-corrected chi connectivity index (χ1v) is 10.4. The van der Waals surface area contributed by atoms with E-state index >= 15 is 0 Å². The van der Waals surface area contributed by atoms with E-state index in [-0.39, 0.29) is 12.1 Å². The monoisotopic (exact) mass is 400 g/mol. The van der Waals surface area contributed by atoms with Crippen LogP contribution in [-0.2, 0) is 10.0 Å². The quantitative estimate of drug-likeness (QED) is 0.671. The van der Waals surface area contributed by atoms with Gasteiger partial charge in [-0.1, -0.05) is 18.2 Å². The molecule has 2 atom stereocenters. The van der Waals surface area contributed by atoms with E-state index in [2.05, 4.69) is 15.6 Å². The van der Waals surface area contributed by atoms with Crippen LogP contribution in [0.25, 0.3) is 0 Å². The van der Waals surface area contributed by atoms with Gasteiger partial charge in [0.2, 0.25) is 10.0 Å². The Morgan fingerprint density at radius 3 is 2.04 bits per heavy atom. The van der Waals surface area contributed by atoms with Gasteiger partial charge in [-0.25, -0.2) is 13.3 Å². The second-order valence-electron chi connectivity index (χ2n) is 7.02. The van der Waals surface area contributed by atoms with E-state index in [1.165, 1.54) is 6.07 Å². The van der Waals surface area contributed by atoms with Gasteiger partial charge < -0.3 is 0 Å². The Morgan fingerprint density at radius 1 is 0.893 bits per heavy atom. The summed E-state index contributed by atoms with van der Waals surface area (Å²) in [4.78, 5) is 26.4. The number of hydrazine groups is 1. The number of carbonyl (C=O) groups is 2. The third-order valence-corrected chi connectivity index (χ3v) is 7.09. The highest BCUT2D eigenvalue weighted by Gasteiger charge is 2.41. The number of fused-ring (bicyclic) bond motifs is 1. The molecule has 1 saturated heterocycles. The highest BCUT2D eigenvalue weighted by atomic mass is 32.2. The van der Waals surface area contributed by atoms with Crippen LogP contribution in [0.5, 0.6) is 0 Å². The largest absolute Gasteiger partial charge is 0.283 e. The Balaban J connectivity index is 1.63. The summed E-state index contributed by atoms with van der Waals surface area (Å²) in [6.07, 6.45) is 0. The van der Waals surface area contributed by atoms with Crippen LogP contribution in [0.1, 0.15) is 34.6 Å². The van der Waals surface area contributed by atoms with Crippen LogP contribution < -0.4 is 20.5 Å². The number of nitrogens with zero attached hydrogens (tertiary/aromatic N) is 1. The standard InChI is InChI=1S/C19H20N4O4S/c1-11-17(12(2)21-20-11)28(26,27)22-13-6-5-7-14(10-13)23-18(24)15-8-3-4-9-16(15)19(23)25/h3-12,17,20-22H,1-2H3. The number of rotatable bonds is 4. The summed E-state index contributed by atoms with van der Waals surface area (Å²) in [5.41, 5.74) is 7.13. The van der Waals surface area contributed by atoms with Crippen molar-refractivity contribution in [1.29, 1.82) is 0 Å². The van der Waals surface area contributed by atoms with E-state index in [4.69, 9.17) is 0 Å². The topological polar surface area (TPSA) is 108 Å². The Hall–Kier alpha value is -2.75. The molecule has 4 rings (SSSR count). The Kier molecular flexibility index (Phi) is 4.45. The average Bonchev–Trinajstić information content (AvgIpc) is 3.12. The summed E-state index contributed by atoms with van der Waals surface area (Å²) >= 11 is 0. The molecule has 2 heterocycles. The fraction of sp³-hybridized carbons (Fsp3) is 0.263. The molecule has 0 radical (unpaired) electrons. The minimum atomic E-state index is -3.70. The molecule has 2 unspecified atom stereocenters. The molecule has 0 aliphatic carbocycles. The van der Waals surface area contributed by atoms with Crippen LogP contribution in [0.3, 0.4) is 0 Å². The third-order valence-electron chi connectivity index (χ3n) is 5.04. The number of nitrogens with one attached hydrogen (secondary N) is 3. The van der Waals surface area contributed by atoms with Crippen LogP contribution in [0.4, 0.5) is 11.4 Å². The smallest absolute Gasteiger partial charge is 0.266 e. The summed E-state index contributed by atoms with van der Waals surface area (Å²) in [6, 6.07) is 12.3. The number of imide groups is 1. The number of hydrogen-bond acceptors (Lipinski definition) is 6. The molecule has 28 heavy (non-hydrogen) atoms. The van der Waals surface area contributed by atoms with Crippen molar-refractivity contribution >= 4 is 33.2 Å². The van der Waals surface area contributed by atoms with E-state index in [1.807, 2.05) is 0 Å². The first-order chi connectivity index (χ1) is 13.3. The average molecular weight is 400 g/mol. The fourth-order valence-corrected chi connectivity index (χ4v) is 5.56. The van der Waals surface area contributed by atoms with Gasteiger partial charge in [0.25, 0.3) is 11.8 Å². The minimum absolute atomic E-state index is 0.271. The molecule has 1 fully saturated rings. The van der Waals surface area contributed by atoms with E-state index in [9.17, 15) is 18.0 Å². The Bertz CT molecular complexity index is 1020. The summed E-state index contributed by atoms with van der Waals surface area (Å²) in [5, 5.41) is -0.671. The van der Waals surface area contributed by atoms with Gasteiger partial charge in [0.1, 0.15) is 5.25 Å². The number of carbonyl (C=O) groups excluding carboxylic acids is 2. The lowest BCUT2D eigenvalue weighted by Crippen LogP contribution is -2.41. The van der Waals surface area contributed by atoms with Gasteiger partial charge in [0, 0.05) is 12.1 Å². The summed E-state index contributed by atoms with van der Waals surface area (Å²) in [7, 11) is -3.70. The van der Waals surface area contributed by atoms with Crippen molar-refractivity contribution in [3.8, 4) is 0 Å². The summed E-state index contributed by atoms with van der Waals surface area (Å²) in [5.74, 6) is -0.848. The predicted molar refractivity (Wildman–Crippen MR) is 106 cm³/mol. The van der Waals surface area contributed by atoms with Gasteiger partial charge in [0.05, 0.1) is 22.5 Å². The van der Waals surface area contributed by atoms with Gasteiger partial charge in [-0.15, -0.1) is 0 Å². The molecule has 2 aromatic rings. The van der Waals surface area contributed by atoms with Crippen molar-refractivity contribution in [2.24, 2.45) is 0 Å². The van der Waals surface area contributed by atoms with Crippen LogP contribution in [-0.4, -0.2) is 37.6 Å². The van der Waals surface area contributed by atoms with Crippen LogP contribution in [0.2, 0.25) is 0 Å². The molecule has 146 valence electrons. The third kappa shape index (κ3) is 2.97. The lowest BCUT2D eigenvalue weighted by Gasteiger charge is -2.20. The first-order valence-electron chi connectivity index (χ1n) is 8.90. The number of sulfonamides is 1. The maximum absolute atomic E-state index is 12.8. The van der Waals surface area contributed by atoms with Crippen LogP contribution >= 0.6 is 0 Å². The van der Waals surface area contributed by atoms with Crippen molar-refractivity contribution in [2.45, 2.75) is 31.2 Å². The molecule has 2 aliphatic heterocycles. The van der Waals surface area contributed by atoms with E-state index in [1.54, 1.807) is 56.3 Å². The van der Waals surface area contributed by atoms with E-state index in [0.717, 1.165) is 4.90 Å². The second kappa shape index (κ2) is 6.69. The molecule has 8 nitrogen and oxygen atoms in total. The van der Waals surface area contributed by atoms with Gasteiger partial charge in [-0.05, 0) is 44.2 Å². The second-order valence-corrected chi connectivity index (χ2v) is 8.86. The maximum atomic E-state index is 12.8. The number of benzene rings is 2. The zero-order valence-electron chi connectivity index (χ0n) is 15.3. The minimum Gasteiger partial charge on any atom is -0.283 e. The molecule has 2 aliphatic rings. The van der Waals surface area contributed by atoms with Crippen LogP contribution in [0, 0.1) is 0 Å². The maximum Gasteiger partial charge on any atom is 0.266 e. The van der Waals surface area contributed by atoms with Crippen molar-refractivity contribution < 1.29 is 18.0 Å². The summed E-state index contributed by atoms with van der Waals surface area (Å²) in [6.45, 7) is 3.57. The van der Waals surface area contributed by atoms with Crippen molar-refractivity contribution in [3.05, 3.63) is 59.7 Å². The summed E-state index contributed by atoms with van der Waals surface area (Å²) < 4.78 is 28.2.